The third-order valence-corrected chi connectivity index (χ3v) is 5.43. The van der Waals surface area contributed by atoms with Crippen molar-refractivity contribution in [1.29, 1.82) is 0 Å². The molecular weight excluding hydrogens is 501 g/mol. The van der Waals surface area contributed by atoms with Crippen molar-refractivity contribution in [1.82, 2.24) is 4.98 Å². The van der Waals surface area contributed by atoms with Gasteiger partial charge in [-0.25, -0.2) is 9.78 Å². The van der Waals surface area contributed by atoms with Crippen LogP contribution in [0.4, 0.5) is 18.9 Å². The predicted molar refractivity (Wildman–Crippen MR) is 124 cm³/mol. The Balaban J connectivity index is 1.54. The van der Waals surface area contributed by atoms with Crippen molar-refractivity contribution in [3.05, 3.63) is 78.0 Å². The van der Waals surface area contributed by atoms with Gasteiger partial charge in [0.25, 0.3) is 0 Å². The number of hydrogen-bond donors (Lipinski definition) is 1. The van der Waals surface area contributed by atoms with Crippen molar-refractivity contribution in [2.24, 2.45) is 0 Å². The highest BCUT2D eigenvalue weighted by Gasteiger charge is 2.31. The molecule has 12 heteroatoms. The van der Waals surface area contributed by atoms with Gasteiger partial charge in [-0.15, -0.1) is 13.2 Å². The van der Waals surface area contributed by atoms with E-state index < -0.39 is 36.4 Å². The van der Waals surface area contributed by atoms with Crippen molar-refractivity contribution in [3.8, 4) is 11.5 Å². The first-order valence-corrected chi connectivity index (χ1v) is 11.2. The van der Waals surface area contributed by atoms with E-state index in [9.17, 15) is 27.6 Å². The molecule has 0 bridgehead atoms. The van der Waals surface area contributed by atoms with Gasteiger partial charge in [-0.2, -0.15) is 0 Å². The molecule has 188 valence electrons. The number of methoxy groups -OCH3 is 1. The summed E-state index contributed by atoms with van der Waals surface area (Å²) >= 11 is 0.950. The second-order valence-corrected chi connectivity index (χ2v) is 7.96. The monoisotopic (exact) mass is 520 g/mol. The quantitative estimate of drug-likeness (QED) is 0.232. The Morgan fingerprint density at radius 2 is 1.75 bits per heavy atom. The number of thioether (sulfide) groups is 1. The number of halogens is 3. The largest absolute Gasteiger partial charge is 0.573 e. The molecule has 1 amide bonds. The molecule has 0 fully saturated rings. The third-order valence-electron chi connectivity index (χ3n) is 4.43. The number of alkyl halides is 3. The maximum absolute atomic E-state index is 12.5. The Hall–Kier alpha value is -4.06. The van der Waals surface area contributed by atoms with Crippen molar-refractivity contribution in [3.63, 3.8) is 0 Å². The zero-order chi connectivity index (χ0) is 26.1. The molecule has 0 spiro atoms. The minimum atomic E-state index is -4.81. The Morgan fingerprint density at radius 1 is 1.00 bits per heavy atom. The van der Waals surface area contributed by atoms with E-state index in [4.69, 9.17) is 9.47 Å². The number of benzene rings is 2. The number of rotatable bonds is 10. The van der Waals surface area contributed by atoms with Crippen LogP contribution < -0.4 is 14.8 Å². The summed E-state index contributed by atoms with van der Waals surface area (Å²) in [6.45, 7) is -0.500. The summed E-state index contributed by atoms with van der Waals surface area (Å²) < 4.78 is 50.7. The fourth-order valence-corrected chi connectivity index (χ4v) is 3.60. The van der Waals surface area contributed by atoms with Crippen molar-refractivity contribution in [2.45, 2.75) is 11.4 Å². The average molecular weight is 520 g/mol. The fourth-order valence-electron chi connectivity index (χ4n) is 2.82. The first kappa shape index (κ1) is 26.5. The van der Waals surface area contributed by atoms with Gasteiger partial charge in [-0.1, -0.05) is 23.9 Å². The van der Waals surface area contributed by atoms with Gasteiger partial charge in [-0.3, -0.25) is 9.59 Å². The fraction of sp³-hybridized carbons (Fsp3) is 0.167. The second kappa shape index (κ2) is 12.1. The zero-order valence-corrected chi connectivity index (χ0v) is 19.5. The Morgan fingerprint density at radius 3 is 2.44 bits per heavy atom. The third kappa shape index (κ3) is 8.01. The molecule has 2 aromatic carbocycles. The van der Waals surface area contributed by atoms with Gasteiger partial charge in [-0.05, 0) is 48.5 Å². The SMILES string of the molecule is COc1cccc(C(=O)COC(=O)c2cccnc2SCC(=O)Nc2ccc(OC(F)(F)F)cc2)c1. The van der Waals surface area contributed by atoms with Gasteiger partial charge < -0.3 is 19.5 Å². The topological polar surface area (TPSA) is 104 Å². The molecule has 8 nitrogen and oxygen atoms in total. The standard InChI is InChI=1S/C24H19F3N2O6S/c1-33-18-5-2-4-15(12-18)20(30)13-34-23(32)19-6-3-11-28-22(19)36-14-21(31)29-16-7-9-17(10-8-16)35-24(25,26)27/h2-12H,13-14H2,1H3,(H,29,31). The van der Waals surface area contributed by atoms with Crippen LogP contribution >= 0.6 is 11.8 Å². The van der Waals surface area contributed by atoms with Crippen LogP contribution in [0.5, 0.6) is 11.5 Å². The molecule has 3 rings (SSSR count). The van der Waals surface area contributed by atoms with Gasteiger partial charge in [0.15, 0.2) is 12.4 Å². The summed E-state index contributed by atoms with van der Waals surface area (Å²) in [7, 11) is 1.47. The van der Waals surface area contributed by atoms with E-state index in [-0.39, 0.29) is 22.0 Å². The van der Waals surface area contributed by atoms with Crippen LogP contribution in [0.2, 0.25) is 0 Å². The number of ketones is 1. The molecule has 0 aliphatic rings. The molecule has 0 aliphatic heterocycles. The number of carbonyl (C=O) groups excluding carboxylic acids is 3. The van der Waals surface area contributed by atoms with Crippen LogP contribution in [0.1, 0.15) is 20.7 Å². The van der Waals surface area contributed by atoms with E-state index in [1.165, 1.54) is 43.6 Å². The van der Waals surface area contributed by atoms with Crippen LogP contribution in [0.3, 0.4) is 0 Å². The Labute approximate surface area is 207 Å². The number of amides is 1. The van der Waals surface area contributed by atoms with Crippen molar-refractivity contribution < 1.29 is 41.8 Å². The van der Waals surface area contributed by atoms with E-state index in [0.29, 0.717) is 11.3 Å². The average Bonchev–Trinajstić information content (AvgIpc) is 2.86. The van der Waals surface area contributed by atoms with Gasteiger partial charge in [0, 0.05) is 17.4 Å². The molecule has 0 atom stereocenters. The van der Waals surface area contributed by atoms with Crippen molar-refractivity contribution >= 4 is 35.1 Å². The highest BCUT2D eigenvalue weighted by atomic mass is 32.2. The number of nitrogens with one attached hydrogen (secondary N) is 1. The molecule has 3 aromatic rings. The smallest absolute Gasteiger partial charge is 0.497 e. The van der Waals surface area contributed by atoms with Gasteiger partial charge in [0.2, 0.25) is 5.91 Å². The minimum absolute atomic E-state index is 0.0717. The highest BCUT2D eigenvalue weighted by molar-refractivity contribution is 8.00. The Kier molecular flexibility index (Phi) is 8.90. The second-order valence-electron chi connectivity index (χ2n) is 7.00. The van der Waals surface area contributed by atoms with Gasteiger partial charge in [0.1, 0.15) is 16.5 Å². The molecule has 1 aromatic heterocycles. The number of aromatic nitrogens is 1. The van der Waals surface area contributed by atoms with E-state index in [2.05, 4.69) is 15.0 Å². The number of hydrogen-bond acceptors (Lipinski definition) is 8. The number of nitrogens with zero attached hydrogens (tertiary/aromatic N) is 1. The number of pyridine rings is 1. The molecular formula is C24H19F3N2O6S. The van der Waals surface area contributed by atoms with E-state index in [1.807, 2.05) is 0 Å². The van der Waals surface area contributed by atoms with Crippen molar-refractivity contribution in [2.75, 3.05) is 24.8 Å². The van der Waals surface area contributed by atoms with Gasteiger partial charge in [0.05, 0.1) is 18.4 Å². The molecule has 0 aliphatic carbocycles. The zero-order valence-electron chi connectivity index (χ0n) is 18.7. The molecule has 0 saturated heterocycles. The first-order chi connectivity index (χ1) is 17.1. The molecule has 1 N–H and O–H groups in total. The lowest BCUT2D eigenvalue weighted by atomic mass is 10.1. The summed E-state index contributed by atoms with van der Waals surface area (Å²) in [4.78, 5) is 41.2. The van der Waals surface area contributed by atoms with E-state index >= 15 is 0 Å². The summed E-state index contributed by atoms with van der Waals surface area (Å²) in [5.41, 5.74) is 0.645. The molecule has 1 heterocycles. The lowest BCUT2D eigenvalue weighted by molar-refractivity contribution is -0.274. The van der Waals surface area contributed by atoms with Crippen LogP contribution in [0.15, 0.2) is 71.9 Å². The van der Waals surface area contributed by atoms with Gasteiger partial charge >= 0.3 is 12.3 Å². The maximum Gasteiger partial charge on any atom is 0.573 e. The highest BCUT2D eigenvalue weighted by Crippen LogP contribution is 2.25. The van der Waals surface area contributed by atoms with E-state index in [0.717, 1.165) is 23.9 Å². The minimum Gasteiger partial charge on any atom is -0.497 e. The molecule has 36 heavy (non-hydrogen) atoms. The molecule has 0 unspecified atom stereocenters. The van der Waals surface area contributed by atoms with Crippen LogP contribution in [-0.2, 0) is 9.53 Å². The number of carbonyl (C=O) groups is 3. The van der Waals surface area contributed by atoms with Crippen LogP contribution in [0.25, 0.3) is 0 Å². The van der Waals surface area contributed by atoms with Crippen LogP contribution in [0, 0.1) is 0 Å². The number of Topliss-reactive ketones (excluding diaryl/α,β-unsaturated/α-hetero) is 1. The number of anilines is 1. The first-order valence-electron chi connectivity index (χ1n) is 10.2. The maximum atomic E-state index is 12.5. The van der Waals surface area contributed by atoms with Crippen LogP contribution in [-0.4, -0.2) is 48.5 Å². The van der Waals surface area contributed by atoms with E-state index in [1.54, 1.807) is 18.2 Å². The summed E-state index contributed by atoms with van der Waals surface area (Å²) in [6, 6.07) is 14.0. The molecule has 0 radical (unpaired) electrons. The number of esters is 1. The normalized spacial score (nSPS) is 10.9. The lowest BCUT2D eigenvalue weighted by Crippen LogP contribution is -2.17. The summed E-state index contributed by atoms with van der Waals surface area (Å²) in [5, 5.41) is 2.73. The Bertz CT molecular complexity index is 1240. The predicted octanol–water partition coefficient (Wildman–Crippen LogP) is 4.76. The lowest BCUT2D eigenvalue weighted by Gasteiger charge is -2.10. The molecule has 0 saturated carbocycles. The summed E-state index contributed by atoms with van der Waals surface area (Å²) in [6.07, 6.45) is -3.39. The summed E-state index contributed by atoms with van der Waals surface area (Å²) in [5.74, 6) is -1.78. The number of ether oxygens (including phenoxy) is 3.